The highest BCUT2D eigenvalue weighted by atomic mass is 79.9. The van der Waals surface area contributed by atoms with Crippen LogP contribution in [0.25, 0.3) is 0 Å². The fourth-order valence-corrected chi connectivity index (χ4v) is 1.82. The number of methoxy groups -OCH3 is 1. The van der Waals surface area contributed by atoms with Crippen LogP contribution >= 0.6 is 15.9 Å². The number of rotatable bonds is 7. The normalized spacial score (nSPS) is 10.4. The summed E-state index contributed by atoms with van der Waals surface area (Å²) in [6, 6.07) is 7.69. The van der Waals surface area contributed by atoms with Gasteiger partial charge in [-0.3, -0.25) is 9.69 Å². The number of hydrogen-bond donors (Lipinski definition) is 0. The molecule has 0 bridgehead atoms. The summed E-state index contributed by atoms with van der Waals surface area (Å²) in [5.74, 6) is 0.595. The molecular weight excluding hydrogens is 298 g/mol. The summed E-state index contributed by atoms with van der Waals surface area (Å²) in [5.41, 5.74) is 0. The predicted molar refractivity (Wildman–Crippen MR) is 73.8 cm³/mol. The highest BCUT2D eigenvalue weighted by Gasteiger charge is 2.08. The third-order valence-corrected chi connectivity index (χ3v) is 2.99. The second-order valence-corrected chi connectivity index (χ2v) is 4.67. The van der Waals surface area contributed by atoms with Gasteiger partial charge in [0.2, 0.25) is 0 Å². The molecule has 0 aromatic heterocycles. The van der Waals surface area contributed by atoms with E-state index in [1.54, 1.807) is 0 Å². The lowest BCUT2D eigenvalue weighted by Crippen LogP contribution is -2.33. The van der Waals surface area contributed by atoms with Crippen LogP contribution < -0.4 is 4.74 Å². The highest BCUT2D eigenvalue weighted by Crippen LogP contribution is 2.17. The Labute approximate surface area is 116 Å². The molecule has 1 aromatic carbocycles. The molecule has 5 heteroatoms. The molecule has 0 atom stereocenters. The summed E-state index contributed by atoms with van der Waals surface area (Å²) in [4.78, 5) is 13.1. The van der Waals surface area contributed by atoms with Gasteiger partial charge < -0.3 is 9.47 Å². The minimum atomic E-state index is -0.223. The summed E-state index contributed by atoms with van der Waals surface area (Å²) >= 11 is 3.39. The second kappa shape index (κ2) is 8.11. The van der Waals surface area contributed by atoms with Crippen molar-refractivity contribution < 1.29 is 14.3 Å². The van der Waals surface area contributed by atoms with Crippen molar-refractivity contribution in [2.24, 2.45) is 0 Å². The van der Waals surface area contributed by atoms with Crippen molar-refractivity contribution in [2.75, 3.05) is 33.4 Å². The number of nitrogens with zero attached hydrogens (tertiary/aromatic N) is 1. The lowest BCUT2D eigenvalue weighted by atomic mass is 10.3. The van der Waals surface area contributed by atoms with Gasteiger partial charge in [-0.05, 0) is 24.7 Å². The molecule has 0 aliphatic heterocycles. The number of likely N-dealkylation sites (N-methyl/N-ethyl adjacent to an activating group) is 1. The van der Waals surface area contributed by atoms with Gasteiger partial charge in [0.05, 0.1) is 13.7 Å². The highest BCUT2D eigenvalue weighted by molar-refractivity contribution is 9.10. The SMILES string of the molecule is CCN(CCOc1cccc(Br)c1)CC(=O)OC. The first-order chi connectivity index (χ1) is 8.65. The van der Waals surface area contributed by atoms with Crippen molar-refractivity contribution in [3.8, 4) is 5.75 Å². The fraction of sp³-hybridized carbons (Fsp3) is 0.462. The Hall–Kier alpha value is -1.07. The minimum absolute atomic E-state index is 0.223. The molecule has 1 rings (SSSR count). The quantitative estimate of drug-likeness (QED) is 0.724. The van der Waals surface area contributed by atoms with Crippen molar-refractivity contribution in [3.63, 3.8) is 0 Å². The zero-order valence-electron chi connectivity index (χ0n) is 10.7. The van der Waals surface area contributed by atoms with E-state index in [0.29, 0.717) is 19.7 Å². The van der Waals surface area contributed by atoms with Gasteiger partial charge in [-0.15, -0.1) is 0 Å². The van der Waals surface area contributed by atoms with Crippen LogP contribution in [-0.2, 0) is 9.53 Å². The number of esters is 1. The van der Waals surface area contributed by atoms with Crippen LogP contribution in [0.15, 0.2) is 28.7 Å². The van der Waals surface area contributed by atoms with Gasteiger partial charge in [-0.2, -0.15) is 0 Å². The van der Waals surface area contributed by atoms with Crippen LogP contribution in [0.4, 0.5) is 0 Å². The number of carbonyl (C=O) groups excluding carboxylic acids is 1. The third-order valence-electron chi connectivity index (χ3n) is 2.50. The molecule has 0 N–H and O–H groups in total. The van der Waals surface area contributed by atoms with E-state index in [1.165, 1.54) is 7.11 Å². The van der Waals surface area contributed by atoms with Crippen LogP contribution in [-0.4, -0.2) is 44.2 Å². The number of ether oxygens (including phenoxy) is 2. The Morgan fingerprint density at radius 1 is 1.44 bits per heavy atom. The molecular formula is C13H18BrNO3. The van der Waals surface area contributed by atoms with Crippen LogP contribution in [0.3, 0.4) is 0 Å². The molecule has 0 fully saturated rings. The third kappa shape index (κ3) is 5.51. The van der Waals surface area contributed by atoms with E-state index in [4.69, 9.17) is 4.74 Å². The predicted octanol–water partition coefficient (Wildman–Crippen LogP) is 2.32. The first-order valence-electron chi connectivity index (χ1n) is 5.83. The average Bonchev–Trinajstić information content (AvgIpc) is 2.37. The number of hydrogen-bond acceptors (Lipinski definition) is 4. The van der Waals surface area contributed by atoms with Gasteiger partial charge in [0.1, 0.15) is 12.4 Å². The maximum Gasteiger partial charge on any atom is 0.319 e. The summed E-state index contributed by atoms with van der Waals surface area (Å²) in [6.07, 6.45) is 0. The smallest absolute Gasteiger partial charge is 0.319 e. The van der Waals surface area contributed by atoms with Gasteiger partial charge >= 0.3 is 5.97 Å². The number of halogens is 1. The Balaban J connectivity index is 2.33. The molecule has 18 heavy (non-hydrogen) atoms. The van der Waals surface area contributed by atoms with E-state index in [2.05, 4.69) is 20.7 Å². The summed E-state index contributed by atoms with van der Waals surface area (Å²) in [5, 5.41) is 0. The summed E-state index contributed by atoms with van der Waals surface area (Å²) in [7, 11) is 1.40. The van der Waals surface area contributed by atoms with E-state index in [9.17, 15) is 4.79 Å². The van der Waals surface area contributed by atoms with Crippen molar-refractivity contribution in [1.29, 1.82) is 0 Å². The topological polar surface area (TPSA) is 38.8 Å². The molecule has 0 saturated heterocycles. The molecule has 0 heterocycles. The van der Waals surface area contributed by atoms with E-state index in [0.717, 1.165) is 16.8 Å². The number of benzene rings is 1. The second-order valence-electron chi connectivity index (χ2n) is 3.75. The molecule has 0 aliphatic carbocycles. The lowest BCUT2D eigenvalue weighted by Gasteiger charge is -2.18. The van der Waals surface area contributed by atoms with Crippen molar-refractivity contribution in [1.82, 2.24) is 4.90 Å². The Morgan fingerprint density at radius 3 is 2.83 bits per heavy atom. The van der Waals surface area contributed by atoms with E-state index in [-0.39, 0.29) is 5.97 Å². The van der Waals surface area contributed by atoms with Crippen molar-refractivity contribution in [2.45, 2.75) is 6.92 Å². The van der Waals surface area contributed by atoms with Crippen LogP contribution in [0.2, 0.25) is 0 Å². The maximum absolute atomic E-state index is 11.1. The zero-order chi connectivity index (χ0) is 13.4. The summed E-state index contributed by atoms with van der Waals surface area (Å²) < 4.78 is 11.2. The van der Waals surface area contributed by atoms with Gasteiger partial charge in [0.25, 0.3) is 0 Å². The standard InChI is InChI=1S/C13H18BrNO3/c1-3-15(10-13(16)17-2)7-8-18-12-6-4-5-11(14)9-12/h4-6,9H,3,7-8,10H2,1-2H3. The van der Waals surface area contributed by atoms with Crippen LogP contribution in [0, 0.1) is 0 Å². The van der Waals surface area contributed by atoms with E-state index in [1.807, 2.05) is 36.1 Å². The molecule has 0 unspecified atom stereocenters. The molecule has 1 aromatic rings. The van der Waals surface area contributed by atoms with Gasteiger partial charge in [-0.25, -0.2) is 0 Å². The van der Waals surface area contributed by atoms with Gasteiger partial charge in [-0.1, -0.05) is 28.9 Å². The Kier molecular flexibility index (Phi) is 6.75. The molecule has 0 amide bonds. The number of carbonyl (C=O) groups is 1. The van der Waals surface area contributed by atoms with Crippen LogP contribution in [0.5, 0.6) is 5.75 Å². The minimum Gasteiger partial charge on any atom is -0.492 e. The van der Waals surface area contributed by atoms with Gasteiger partial charge in [0, 0.05) is 11.0 Å². The van der Waals surface area contributed by atoms with Crippen molar-refractivity contribution >= 4 is 21.9 Å². The van der Waals surface area contributed by atoms with E-state index >= 15 is 0 Å². The molecule has 4 nitrogen and oxygen atoms in total. The molecule has 0 aliphatic rings. The van der Waals surface area contributed by atoms with Gasteiger partial charge in [0.15, 0.2) is 0 Å². The zero-order valence-corrected chi connectivity index (χ0v) is 12.3. The largest absolute Gasteiger partial charge is 0.492 e. The van der Waals surface area contributed by atoms with E-state index < -0.39 is 0 Å². The van der Waals surface area contributed by atoms with Crippen LogP contribution in [0.1, 0.15) is 6.92 Å². The molecule has 0 radical (unpaired) electrons. The Bertz CT molecular complexity index is 384. The lowest BCUT2D eigenvalue weighted by molar-refractivity contribution is -0.141. The summed E-state index contributed by atoms with van der Waals surface area (Å²) in [6.45, 7) is 4.33. The monoisotopic (exact) mass is 315 g/mol. The van der Waals surface area contributed by atoms with Crippen molar-refractivity contribution in [3.05, 3.63) is 28.7 Å². The maximum atomic E-state index is 11.1. The fourth-order valence-electron chi connectivity index (χ4n) is 1.45. The molecule has 0 spiro atoms. The first-order valence-corrected chi connectivity index (χ1v) is 6.62. The molecule has 0 saturated carbocycles. The average molecular weight is 316 g/mol. The molecule has 100 valence electrons. The Morgan fingerprint density at radius 2 is 2.22 bits per heavy atom. The first kappa shape index (κ1) is 15.0.